The third kappa shape index (κ3) is 7.72. The summed E-state index contributed by atoms with van der Waals surface area (Å²) in [5, 5.41) is 0.754. The van der Waals surface area contributed by atoms with E-state index in [2.05, 4.69) is 22.0 Å². The number of benzene rings is 1. The highest BCUT2D eigenvalue weighted by molar-refractivity contribution is 8.13. The Morgan fingerprint density at radius 1 is 1.21 bits per heavy atom. The van der Waals surface area contributed by atoms with Crippen LogP contribution in [0.3, 0.4) is 0 Å². The van der Waals surface area contributed by atoms with Crippen LogP contribution in [0.1, 0.15) is 46.1 Å². The molecule has 0 N–H and O–H groups in total. The van der Waals surface area contributed by atoms with E-state index in [1.54, 1.807) is 4.90 Å². The van der Waals surface area contributed by atoms with E-state index in [-0.39, 0.29) is 18.0 Å². The number of ether oxygens (including phenoxy) is 1. The molecule has 1 saturated heterocycles. The summed E-state index contributed by atoms with van der Waals surface area (Å²) < 4.78 is 5.50. The molecule has 1 aromatic rings. The van der Waals surface area contributed by atoms with Crippen molar-refractivity contribution >= 4 is 28.9 Å². The molecule has 1 aliphatic rings. The lowest BCUT2D eigenvalue weighted by Crippen LogP contribution is -2.49. The SMILES string of the molecule is CSC(=NC(C)=O)N(CCc1ccccc1)C1CCN(C(=O)OC(C)(C)C)CC1. The number of amides is 2. The first-order valence-corrected chi connectivity index (χ1v) is 11.3. The molecule has 0 aliphatic carbocycles. The molecular weight excluding hydrogens is 386 g/mol. The van der Waals surface area contributed by atoms with Gasteiger partial charge in [-0.25, -0.2) is 4.79 Å². The fourth-order valence-electron chi connectivity index (χ4n) is 3.38. The number of aliphatic imine (C=N–C) groups is 1. The average molecular weight is 420 g/mol. The van der Waals surface area contributed by atoms with Crippen molar-refractivity contribution in [1.82, 2.24) is 9.80 Å². The van der Waals surface area contributed by atoms with Crippen molar-refractivity contribution in [2.45, 2.75) is 58.6 Å². The maximum Gasteiger partial charge on any atom is 0.410 e. The molecule has 0 radical (unpaired) electrons. The van der Waals surface area contributed by atoms with Crippen LogP contribution in [0.4, 0.5) is 4.79 Å². The Morgan fingerprint density at radius 3 is 2.34 bits per heavy atom. The number of carbonyl (C=O) groups excluding carboxylic acids is 2. The van der Waals surface area contributed by atoms with Crippen LogP contribution in [0.2, 0.25) is 0 Å². The van der Waals surface area contributed by atoms with Gasteiger partial charge in [0.25, 0.3) is 0 Å². The van der Waals surface area contributed by atoms with Gasteiger partial charge in [-0.2, -0.15) is 4.99 Å². The zero-order chi connectivity index (χ0) is 21.4. The molecule has 1 fully saturated rings. The third-order valence-electron chi connectivity index (χ3n) is 4.72. The first kappa shape index (κ1) is 23.3. The van der Waals surface area contributed by atoms with Gasteiger partial charge in [0.1, 0.15) is 5.60 Å². The smallest absolute Gasteiger partial charge is 0.410 e. The largest absolute Gasteiger partial charge is 0.444 e. The molecule has 0 spiro atoms. The van der Waals surface area contributed by atoms with Crippen LogP contribution in [0.5, 0.6) is 0 Å². The van der Waals surface area contributed by atoms with Crippen LogP contribution < -0.4 is 0 Å². The van der Waals surface area contributed by atoms with Gasteiger partial charge >= 0.3 is 6.09 Å². The second-order valence-electron chi connectivity index (χ2n) is 8.25. The molecule has 0 bridgehead atoms. The van der Waals surface area contributed by atoms with Crippen molar-refractivity contribution in [3.8, 4) is 0 Å². The fraction of sp³-hybridized carbons (Fsp3) is 0.591. The molecule has 2 rings (SSSR count). The molecule has 160 valence electrons. The van der Waals surface area contributed by atoms with Gasteiger partial charge in [0.05, 0.1) is 0 Å². The number of thioether (sulfide) groups is 1. The number of likely N-dealkylation sites (tertiary alicyclic amines) is 1. The Kier molecular flexibility index (Phi) is 8.56. The van der Waals surface area contributed by atoms with Crippen molar-refractivity contribution in [1.29, 1.82) is 0 Å². The Labute approximate surface area is 178 Å². The predicted molar refractivity (Wildman–Crippen MR) is 119 cm³/mol. The fourth-order valence-corrected chi connectivity index (χ4v) is 4.07. The summed E-state index contributed by atoms with van der Waals surface area (Å²) in [5.74, 6) is -0.190. The topological polar surface area (TPSA) is 62.2 Å². The van der Waals surface area contributed by atoms with E-state index in [0.29, 0.717) is 13.1 Å². The summed E-state index contributed by atoms with van der Waals surface area (Å²) in [6.07, 6.45) is 4.23. The standard InChI is InChI=1S/C22H33N3O3S/c1-17(26)23-20(29-5)25(16-11-18-9-7-6-8-10-18)19-12-14-24(15-13-19)21(27)28-22(2,3)4/h6-10,19H,11-16H2,1-5H3. The highest BCUT2D eigenvalue weighted by Crippen LogP contribution is 2.22. The Balaban J connectivity index is 2.07. The maximum atomic E-state index is 12.4. The molecule has 1 heterocycles. The molecule has 0 atom stereocenters. The molecule has 2 amide bonds. The van der Waals surface area contributed by atoms with Crippen LogP contribution in [0, 0.1) is 0 Å². The lowest BCUT2D eigenvalue weighted by atomic mass is 10.0. The normalized spacial score (nSPS) is 15.9. The van der Waals surface area contributed by atoms with Gasteiger partial charge in [-0.15, -0.1) is 0 Å². The van der Waals surface area contributed by atoms with E-state index in [1.807, 2.05) is 45.2 Å². The second-order valence-corrected chi connectivity index (χ2v) is 9.02. The van der Waals surface area contributed by atoms with Gasteiger partial charge in [-0.05, 0) is 51.9 Å². The lowest BCUT2D eigenvalue weighted by Gasteiger charge is -2.40. The Morgan fingerprint density at radius 2 is 1.83 bits per heavy atom. The van der Waals surface area contributed by atoms with Crippen molar-refractivity contribution in [3.63, 3.8) is 0 Å². The summed E-state index contributed by atoms with van der Waals surface area (Å²) in [6, 6.07) is 10.6. The van der Waals surface area contributed by atoms with Crippen LogP contribution in [0.25, 0.3) is 0 Å². The minimum Gasteiger partial charge on any atom is -0.444 e. The minimum atomic E-state index is -0.490. The van der Waals surface area contributed by atoms with Crippen LogP contribution in [-0.4, -0.2) is 64.5 Å². The van der Waals surface area contributed by atoms with Crippen molar-refractivity contribution in [2.24, 2.45) is 4.99 Å². The van der Waals surface area contributed by atoms with Gasteiger partial charge in [-0.1, -0.05) is 42.1 Å². The molecule has 1 aliphatic heterocycles. The van der Waals surface area contributed by atoms with Crippen molar-refractivity contribution in [3.05, 3.63) is 35.9 Å². The highest BCUT2D eigenvalue weighted by atomic mass is 32.2. The van der Waals surface area contributed by atoms with E-state index in [1.165, 1.54) is 24.2 Å². The van der Waals surface area contributed by atoms with Crippen LogP contribution in [-0.2, 0) is 16.0 Å². The van der Waals surface area contributed by atoms with Gasteiger partial charge in [0.2, 0.25) is 5.91 Å². The molecule has 1 aromatic carbocycles. The molecule has 0 aromatic heterocycles. The predicted octanol–water partition coefficient (Wildman–Crippen LogP) is 4.20. The van der Waals surface area contributed by atoms with Crippen molar-refractivity contribution in [2.75, 3.05) is 25.9 Å². The summed E-state index contributed by atoms with van der Waals surface area (Å²) >= 11 is 1.50. The number of piperidine rings is 1. The number of hydrogen-bond acceptors (Lipinski definition) is 4. The quantitative estimate of drug-likeness (QED) is 0.541. The van der Waals surface area contributed by atoms with E-state index in [0.717, 1.165) is 31.0 Å². The Bertz CT molecular complexity index is 708. The molecule has 7 heteroatoms. The molecular formula is C22H33N3O3S. The first-order chi connectivity index (χ1) is 13.7. The Hall–Kier alpha value is -2.02. The zero-order valence-corrected chi connectivity index (χ0v) is 19.0. The summed E-state index contributed by atoms with van der Waals surface area (Å²) in [7, 11) is 0. The molecule has 29 heavy (non-hydrogen) atoms. The number of rotatable bonds is 4. The van der Waals surface area contributed by atoms with E-state index in [4.69, 9.17) is 4.74 Å². The molecule has 6 nitrogen and oxygen atoms in total. The molecule has 0 unspecified atom stereocenters. The van der Waals surface area contributed by atoms with Gasteiger partial charge in [-0.3, -0.25) is 4.79 Å². The monoisotopic (exact) mass is 419 g/mol. The van der Waals surface area contributed by atoms with Crippen LogP contribution in [0.15, 0.2) is 35.3 Å². The van der Waals surface area contributed by atoms with Crippen molar-refractivity contribution < 1.29 is 14.3 Å². The van der Waals surface area contributed by atoms with Gasteiger partial charge in [0.15, 0.2) is 5.17 Å². The minimum absolute atomic E-state index is 0.190. The number of carbonyl (C=O) groups is 2. The number of amidine groups is 1. The third-order valence-corrected chi connectivity index (χ3v) is 5.41. The van der Waals surface area contributed by atoms with Crippen LogP contribution >= 0.6 is 11.8 Å². The molecule has 0 saturated carbocycles. The summed E-state index contributed by atoms with van der Waals surface area (Å²) in [4.78, 5) is 32.3. The van der Waals surface area contributed by atoms with E-state index >= 15 is 0 Å². The van der Waals surface area contributed by atoms with Gasteiger partial charge in [0, 0.05) is 32.6 Å². The highest BCUT2D eigenvalue weighted by Gasteiger charge is 2.30. The maximum absolute atomic E-state index is 12.4. The van der Waals surface area contributed by atoms with Gasteiger partial charge < -0.3 is 14.5 Å². The summed E-state index contributed by atoms with van der Waals surface area (Å²) in [6.45, 7) is 9.20. The van der Waals surface area contributed by atoms with E-state index in [9.17, 15) is 9.59 Å². The summed E-state index contributed by atoms with van der Waals surface area (Å²) in [5.41, 5.74) is 0.766. The van der Waals surface area contributed by atoms with E-state index < -0.39 is 5.60 Å². The lowest BCUT2D eigenvalue weighted by molar-refractivity contribution is -0.115. The first-order valence-electron chi connectivity index (χ1n) is 10.1. The number of nitrogens with zero attached hydrogens (tertiary/aromatic N) is 3. The number of hydrogen-bond donors (Lipinski definition) is 0. The second kappa shape index (κ2) is 10.7. The zero-order valence-electron chi connectivity index (χ0n) is 18.2. The average Bonchev–Trinajstić information content (AvgIpc) is 2.67.